The third-order valence-electron chi connectivity index (χ3n) is 2.42. The Labute approximate surface area is 96.7 Å². The second-order valence-corrected chi connectivity index (χ2v) is 3.71. The molecule has 0 aliphatic heterocycles. The molecule has 3 aromatic rings. The normalized spacial score (nSPS) is 10.8. The summed E-state index contributed by atoms with van der Waals surface area (Å²) < 4.78 is 5.22. The van der Waals surface area contributed by atoms with Crippen molar-refractivity contribution in [1.82, 2.24) is 10.2 Å². The molecule has 78 valence electrons. The van der Waals surface area contributed by atoms with Crippen LogP contribution in [0.1, 0.15) is 0 Å². The van der Waals surface area contributed by atoms with E-state index in [1.165, 1.54) is 0 Å². The van der Waals surface area contributed by atoms with Gasteiger partial charge in [-0.05, 0) is 28.4 Å². The summed E-state index contributed by atoms with van der Waals surface area (Å²) in [6.45, 7) is 0. The Morgan fingerprint density at radius 2 is 1.75 bits per heavy atom. The molecule has 0 atom stereocenters. The van der Waals surface area contributed by atoms with Crippen molar-refractivity contribution in [3.63, 3.8) is 0 Å². The molecule has 0 bridgehead atoms. The zero-order valence-electron chi connectivity index (χ0n) is 8.22. The topological polar surface area (TPSA) is 38.9 Å². The summed E-state index contributed by atoms with van der Waals surface area (Å²) in [5.74, 6) is 0.446. The van der Waals surface area contributed by atoms with Gasteiger partial charge in [-0.3, -0.25) is 0 Å². The standard InChI is InChI=1S/C12H7ClN2O/c13-12-15-14-11(16-12)10-7-3-5-8-4-1-2-6-9(8)10/h1-7H. The Kier molecular flexibility index (Phi) is 2.11. The van der Waals surface area contributed by atoms with Gasteiger partial charge in [0.1, 0.15) is 0 Å². The molecule has 0 unspecified atom stereocenters. The third kappa shape index (κ3) is 1.46. The molecule has 0 N–H and O–H groups in total. The summed E-state index contributed by atoms with van der Waals surface area (Å²) in [6, 6.07) is 14.0. The average Bonchev–Trinajstić information content (AvgIpc) is 2.75. The van der Waals surface area contributed by atoms with Gasteiger partial charge in [-0.25, -0.2) is 0 Å². The lowest BCUT2D eigenvalue weighted by Gasteiger charge is -2.01. The maximum atomic E-state index is 5.62. The lowest BCUT2D eigenvalue weighted by Crippen LogP contribution is -1.80. The summed E-state index contributed by atoms with van der Waals surface area (Å²) in [5.41, 5.74) is 0.900. The Morgan fingerprint density at radius 3 is 2.56 bits per heavy atom. The molecule has 3 nitrogen and oxygen atoms in total. The molecule has 0 aliphatic rings. The second-order valence-electron chi connectivity index (χ2n) is 3.39. The zero-order valence-corrected chi connectivity index (χ0v) is 8.98. The van der Waals surface area contributed by atoms with Crippen molar-refractivity contribution < 1.29 is 4.42 Å². The van der Waals surface area contributed by atoms with Crippen LogP contribution in [0.4, 0.5) is 0 Å². The predicted molar refractivity (Wildman–Crippen MR) is 62.3 cm³/mol. The van der Waals surface area contributed by atoms with Crippen molar-refractivity contribution in [1.29, 1.82) is 0 Å². The summed E-state index contributed by atoms with van der Waals surface area (Å²) in [4.78, 5) is 0. The summed E-state index contributed by atoms with van der Waals surface area (Å²) in [6.07, 6.45) is 0. The summed E-state index contributed by atoms with van der Waals surface area (Å²) in [7, 11) is 0. The van der Waals surface area contributed by atoms with Crippen LogP contribution in [0, 0.1) is 0 Å². The summed E-state index contributed by atoms with van der Waals surface area (Å²) in [5, 5.41) is 9.80. The highest BCUT2D eigenvalue weighted by Crippen LogP contribution is 2.28. The molecule has 1 aromatic heterocycles. The Balaban J connectivity index is 2.31. The maximum absolute atomic E-state index is 5.62. The van der Waals surface area contributed by atoms with Crippen molar-refractivity contribution in [2.24, 2.45) is 0 Å². The van der Waals surface area contributed by atoms with Crippen LogP contribution in [-0.4, -0.2) is 10.2 Å². The van der Waals surface area contributed by atoms with Gasteiger partial charge in [0.2, 0.25) is 5.89 Å². The lowest BCUT2D eigenvalue weighted by molar-refractivity contribution is 0.571. The third-order valence-corrected chi connectivity index (χ3v) is 2.57. The van der Waals surface area contributed by atoms with E-state index in [-0.39, 0.29) is 5.35 Å². The number of nitrogens with zero attached hydrogens (tertiary/aromatic N) is 2. The fourth-order valence-electron chi connectivity index (χ4n) is 1.73. The number of hydrogen-bond acceptors (Lipinski definition) is 3. The highest BCUT2D eigenvalue weighted by molar-refractivity contribution is 6.27. The van der Waals surface area contributed by atoms with Crippen LogP contribution < -0.4 is 0 Å². The van der Waals surface area contributed by atoms with Crippen molar-refractivity contribution in [2.75, 3.05) is 0 Å². The molecule has 4 heteroatoms. The molecule has 0 radical (unpaired) electrons. The highest BCUT2D eigenvalue weighted by Gasteiger charge is 2.09. The first kappa shape index (κ1) is 9.36. The van der Waals surface area contributed by atoms with E-state index in [1.54, 1.807) is 0 Å². The van der Waals surface area contributed by atoms with Crippen LogP contribution in [0.3, 0.4) is 0 Å². The molecule has 0 saturated heterocycles. The van der Waals surface area contributed by atoms with Crippen molar-refractivity contribution in [2.45, 2.75) is 0 Å². The minimum atomic E-state index is 0.0583. The number of benzene rings is 2. The van der Waals surface area contributed by atoms with Gasteiger partial charge in [0.25, 0.3) is 0 Å². The fourth-order valence-corrected chi connectivity index (χ4v) is 1.84. The number of rotatable bonds is 1. The SMILES string of the molecule is Clc1nnc(-c2cccc3ccccc23)o1. The number of aromatic nitrogens is 2. The highest BCUT2D eigenvalue weighted by atomic mass is 35.5. The van der Waals surface area contributed by atoms with Crippen LogP contribution in [0.25, 0.3) is 22.2 Å². The number of hydrogen-bond donors (Lipinski definition) is 0. The molecule has 3 rings (SSSR count). The minimum Gasteiger partial charge on any atom is -0.407 e. The molecule has 0 fully saturated rings. The molecule has 1 heterocycles. The summed E-state index contributed by atoms with van der Waals surface area (Å²) >= 11 is 5.62. The van der Waals surface area contributed by atoms with E-state index in [9.17, 15) is 0 Å². The smallest absolute Gasteiger partial charge is 0.313 e. The van der Waals surface area contributed by atoms with Gasteiger partial charge in [-0.1, -0.05) is 41.5 Å². The van der Waals surface area contributed by atoms with Gasteiger partial charge >= 0.3 is 5.35 Å². The lowest BCUT2D eigenvalue weighted by atomic mass is 10.0. The molecule has 0 amide bonds. The number of halogens is 1. The van der Waals surface area contributed by atoms with Crippen LogP contribution >= 0.6 is 11.6 Å². The molecular weight excluding hydrogens is 224 g/mol. The van der Waals surface area contributed by atoms with Gasteiger partial charge in [-0.2, -0.15) is 0 Å². The van der Waals surface area contributed by atoms with Gasteiger partial charge in [0.05, 0.1) is 0 Å². The molecule has 0 aliphatic carbocycles. The monoisotopic (exact) mass is 230 g/mol. The molecular formula is C12H7ClN2O. The molecule has 0 saturated carbocycles. The fraction of sp³-hybridized carbons (Fsp3) is 0. The van der Waals surface area contributed by atoms with E-state index in [0.717, 1.165) is 16.3 Å². The van der Waals surface area contributed by atoms with Crippen LogP contribution in [0.5, 0.6) is 0 Å². The number of fused-ring (bicyclic) bond motifs is 1. The van der Waals surface area contributed by atoms with Gasteiger partial charge in [0, 0.05) is 5.56 Å². The maximum Gasteiger partial charge on any atom is 0.313 e. The van der Waals surface area contributed by atoms with Crippen molar-refractivity contribution in [3.8, 4) is 11.5 Å². The minimum absolute atomic E-state index is 0.0583. The Hall–Kier alpha value is -1.87. The van der Waals surface area contributed by atoms with Gasteiger partial charge in [0.15, 0.2) is 0 Å². The molecule has 0 spiro atoms. The molecule has 16 heavy (non-hydrogen) atoms. The van der Waals surface area contributed by atoms with E-state index in [2.05, 4.69) is 10.2 Å². The first-order valence-corrected chi connectivity index (χ1v) is 5.19. The Bertz CT molecular complexity index is 643. The van der Waals surface area contributed by atoms with E-state index in [1.807, 2.05) is 42.5 Å². The van der Waals surface area contributed by atoms with E-state index >= 15 is 0 Å². The second kappa shape index (κ2) is 3.61. The predicted octanol–water partition coefficient (Wildman–Crippen LogP) is 3.54. The largest absolute Gasteiger partial charge is 0.407 e. The van der Waals surface area contributed by atoms with Gasteiger partial charge < -0.3 is 4.42 Å². The van der Waals surface area contributed by atoms with Crippen LogP contribution in [0.2, 0.25) is 5.35 Å². The van der Waals surface area contributed by atoms with Crippen molar-refractivity contribution >= 4 is 22.4 Å². The van der Waals surface area contributed by atoms with E-state index < -0.39 is 0 Å². The first-order valence-electron chi connectivity index (χ1n) is 4.82. The first-order chi connectivity index (χ1) is 7.84. The average molecular weight is 231 g/mol. The zero-order chi connectivity index (χ0) is 11.0. The van der Waals surface area contributed by atoms with E-state index in [0.29, 0.717) is 5.89 Å². The van der Waals surface area contributed by atoms with Crippen molar-refractivity contribution in [3.05, 3.63) is 47.8 Å². The van der Waals surface area contributed by atoms with Gasteiger partial charge in [-0.15, -0.1) is 5.10 Å². The van der Waals surface area contributed by atoms with Crippen LogP contribution in [0.15, 0.2) is 46.9 Å². The quantitative estimate of drug-likeness (QED) is 0.642. The van der Waals surface area contributed by atoms with E-state index in [4.69, 9.17) is 16.0 Å². The molecule has 2 aromatic carbocycles. The Morgan fingerprint density at radius 1 is 0.938 bits per heavy atom. The van der Waals surface area contributed by atoms with Crippen LogP contribution in [-0.2, 0) is 0 Å².